The molecule has 3 nitrogen and oxygen atoms in total. The zero-order chi connectivity index (χ0) is 21.3. The van der Waals surface area contributed by atoms with Crippen LogP contribution in [0.3, 0.4) is 0 Å². The average molecular weight is 443 g/mol. The van der Waals surface area contributed by atoms with Crippen LogP contribution in [-0.2, 0) is 0 Å². The van der Waals surface area contributed by atoms with E-state index in [9.17, 15) is 8.78 Å². The van der Waals surface area contributed by atoms with Gasteiger partial charge in [0.2, 0.25) is 5.88 Å². The lowest BCUT2D eigenvalue weighted by Gasteiger charge is -2.11. The van der Waals surface area contributed by atoms with Crippen molar-refractivity contribution >= 4 is 23.2 Å². The van der Waals surface area contributed by atoms with E-state index in [4.69, 9.17) is 27.9 Å². The van der Waals surface area contributed by atoms with Crippen LogP contribution < -0.4 is 4.74 Å². The number of ether oxygens (including phenoxy) is 1. The molecule has 0 aliphatic carbocycles. The standard InChI is InChI=1S/C23H14Cl2F2N2O/c1-30-23-18(12-28-22(29-23)21-19(26)6-3-7-20(21)27)14-5-2-4-13(8-14)15-9-16(24)11-17(25)10-15/h2-12H,1H3. The van der Waals surface area contributed by atoms with E-state index in [0.29, 0.717) is 15.6 Å². The van der Waals surface area contributed by atoms with Crippen LogP contribution in [0.25, 0.3) is 33.6 Å². The molecule has 1 aromatic heterocycles. The van der Waals surface area contributed by atoms with Gasteiger partial charge < -0.3 is 4.74 Å². The average Bonchev–Trinajstić information content (AvgIpc) is 2.73. The number of aromatic nitrogens is 2. The first-order valence-corrected chi connectivity index (χ1v) is 9.64. The van der Waals surface area contributed by atoms with E-state index in [2.05, 4.69) is 9.97 Å². The van der Waals surface area contributed by atoms with Crippen molar-refractivity contribution in [2.45, 2.75) is 0 Å². The Morgan fingerprint density at radius 1 is 0.800 bits per heavy atom. The highest BCUT2D eigenvalue weighted by Gasteiger charge is 2.17. The van der Waals surface area contributed by atoms with Gasteiger partial charge in [0.25, 0.3) is 0 Å². The van der Waals surface area contributed by atoms with Gasteiger partial charge in [-0.15, -0.1) is 0 Å². The number of nitrogens with zero attached hydrogens (tertiary/aromatic N) is 2. The van der Waals surface area contributed by atoms with Crippen molar-refractivity contribution in [1.29, 1.82) is 0 Å². The summed E-state index contributed by atoms with van der Waals surface area (Å²) < 4.78 is 33.6. The van der Waals surface area contributed by atoms with Crippen molar-refractivity contribution in [2.75, 3.05) is 7.11 Å². The molecule has 0 atom stereocenters. The maximum absolute atomic E-state index is 14.1. The fourth-order valence-corrected chi connectivity index (χ4v) is 3.66. The summed E-state index contributed by atoms with van der Waals surface area (Å²) in [6, 6.07) is 16.4. The van der Waals surface area contributed by atoms with E-state index < -0.39 is 11.6 Å². The van der Waals surface area contributed by atoms with Crippen LogP contribution in [0.5, 0.6) is 5.88 Å². The highest BCUT2D eigenvalue weighted by Crippen LogP contribution is 2.34. The minimum atomic E-state index is -0.746. The summed E-state index contributed by atoms with van der Waals surface area (Å²) in [6.07, 6.45) is 1.48. The maximum atomic E-state index is 14.1. The summed E-state index contributed by atoms with van der Waals surface area (Å²) in [5.41, 5.74) is 2.76. The summed E-state index contributed by atoms with van der Waals surface area (Å²) in [7, 11) is 1.44. The van der Waals surface area contributed by atoms with Gasteiger partial charge in [0.15, 0.2) is 5.82 Å². The van der Waals surface area contributed by atoms with Crippen molar-refractivity contribution in [2.24, 2.45) is 0 Å². The molecule has 0 aliphatic heterocycles. The normalized spacial score (nSPS) is 10.8. The monoisotopic (exact) mass is 442 g/mol. The zero-order valence-electron chi connectivity index (χ0n) is 15.7. The second-order valence-electron chi connectivity index (χ2n) is 6.45. The van der Waals surface area contributed by atoms with Crippen LogP contribution >= 0.6 is 23.2 Å². The molecular formula is C23H14Cl2F2N2O. The molecule has 0 saturated heterocycles. The first kappa shape index (κ1) is 20.3. The van der Waals surface area contributed by atoms with Crippen molar-refractivity contribution in [3.05, 3.63) is 88.5 Å². The Morgan fingerprint density at radius 2 is 1.43 bits per heavy atom. The number of halogens is 4. The molecule has 150 valence electrons. The summed E-state index contributed by atoms with van der Waals surface area (Å²) in [5.74, 6) is -1.39. The summed E-state index contributed by atoms with van der Waals surface area (Å²) >= 11 is 12.2. The Bertz CT molecular complexity index is 1210. The Morgan fingerprint density at radius 3 is 2.10 bits per heavy atom. The third kappa shape index (κ3) is 3.99. The van der Waals surface area contributed by atoms with E-state index in [0.717, 1.165) is 28.8 Å². The molecule has 4 rings (SSSR count). The van der Waals surface area contributed by atoms with E-state index in [1.807, 2.05) is 36.4 Å². The third-order valence-corrected chi connectivity index (χ3v) is 4.94. The minimum absolute atomic E-state index is 0.0935. The van der Waals surface area contributed by atoms with E-state index in [1.54, 1.807) is 6.07 Å². The van der Waals surface area contributed by atoms with Crippen LogP contribution in [0.4, 0.5) is 8.78 Å². The van der Waals surface area contributed by atoms with Crippen LogP contribution in [0, 0.1) is 11.6 Å². The first-order chi connectivity index (χ1) is 14.5. The Hall–Kier alpha value is -3.02. The Labute approximate surface area is 181 Å². The van der Waals surface area contributed by atoms with Crippen molar-refractivity contribution in [3.8, 4) is 39.5 Å². The van der Waals surface area contributed by atoms with Gasteiger partial charge in [0.05, 0.1) is 18.2 Å². The molecule has 0 aliphatic rings. The fraction of sp³-hybridized carbons (Fsp3) is 0.0435. The quantitative estimate of drug-likeness (QED) is 0.338. The summed E-state index contributed by atoms with van der Waals surface area (Å²) in [4.78, 5) is 8.41. The maximum Gasteiger partial charge on any atom is 0.224 e. The number of methoxy groups -OCH3 is 1. The van der Waals surface area contributed by atoms with Crippen molar-refractivity contribution < 1.29 is 13.5 Å². The summed E-state index contributed by atoms with van der Waals surface area (Å²) in [6.45, 7) is 0. The zero-order valence-corrected chi connectivity index (χ0v) is 17.2. The van der Waals surface area contributed by atoms with Crippen LogP contribution in [-0.4, -0.2) is 17.1 Å². The molecular weight excluding hydrogens is 429 g/mol. The van der Waals surface area contributed by atoms with Gasteiger partial charge in [0.1, 0.15) is 11.6 Å². The first-order valence-electron chi connectivity index (χ1n) is 8.88. The van der Waals surface area contributed by atoms with Gasteiger partial charge in [-0.2, -0.15) is 4.98 Å². The molecule has 0 spiro atoms. The fourth-order valence-electron chi connectivity index (χ4n) is 3.14. The van der Waals surface area contributed by atoms with Gasteiger partial charge in [-0.25, -0.2) is 13.8 Å². The topological polar surface area (TPSA) is 35.0 Å². The second kappa shape index (κ2) is 8.38. The molecule has 0 N–H and O–H groups in total. The largest absolute Gasteiger partial charge is 0.480 e. The van der Waals surface area contributed by atoms with Gasteiger partial charge in [-0.1, -0.05) is 47.5 Å². The Balaban J connectivity index is 1.80. The van der Waals surface area contributed by atoms with Gasteiger partial charge in [-0.05, 0) is 53.1 Å². The molecule has 0 bridgehead atoms. The summed E-state index contributed by atoms with van der Waals surface area (Å²) in [5, 5.41) is 1.06. The van der Waals surface area contributed by atoms with E-state index in [-0.39, 0.29) is 17.3 Å². The molecule has 0 fully saturated rings. The molecule has 0 radical (unpaired) electrons. The smallest absolute Gasteiger partial charge is 0.224 e. The van der Waals surface area contributed by atoms with Gasteiger partial charge in [0, 0.05) is 16.2 Å². The lowest BCUT2D eigenvalue weighted by molar-refractivity contribution is 0.399. The molecule has 1 heterocycles. The predicted octanol–water partition coefficient (Wildman–Crippen LogP) is 7.07. The number of hydrogen-bond acceptors (Lipinski definition) is 3. The molecule has 30 heavy (non-hydrogen) atoms. The number of hydrogen-bond donors (Lipinski definition) is 0. The van der Waals surface area contributed by atoms with Crippen molar-refractivity contribution in [3.63, 3.8) is 0 Å². The highest BCUT2D eigenvalue weighted by molar-refractivity contribution is 6.35. The SMILES string of the molecule is COc1nc(-c2c(F)cccc2F)ncc1-c1cccc(-c2cc(Cl)cc(Cl)c2)c1. The third-order valence-electron chi connectivity index (χ3n) is 4.50. The van der Waals surface area contributed by atoms with E-state index >= 15 is 0 Å². The highest BCUT2D eigenvalue weighted by atomic mass is 35.5. The van der Waals surface area contributed by atoms with E-state index in [1.165, 1.54) is 19.4 Å². The van der Waals surface area contributed by atoms with Crippen LogP contribution in [0.15, 0.2) is 66.9 Å². The second-order valence-corrected chi connectivity index (χ2v) is 7.33. The molecule has 3 aromatic carbocycles. The molecule has 0 unspecified atom stereocenters. The molecule has 0 amide bonds. The number of rotatable bonds is 4. The molecule has 4 aromatic rings. The number of benzene rings is 3. The van der Waals surface area contributed by atoms with Crippen LogP contribution in [0.1, 0.15) is 0 Å². The lowest BCUT2D eigenvalue weighted by atomic mass is 10.00. The van der Waals surface area contributed by atoms with Gasteiger partial charge in [-0.3, -0.25) is 0 Å². The van der Waals surface area contributed by atoms with Crippen molar-refractivity contribution in [1.82, 2.24) is 9.97 Å². The van der Waals surface area contributed by atoms with Gasteiger partial charge >= 0.3 is 0 Å². The molecule has 0 saturated carbocycles. The minimum Gasteiger partial charge on any atom is -0.480 e. The molecule has 7 heteroatoms. The lowest BCUT2D eigenvalue weighted by Crippen LogP contribution is -2.00. The Kier molecular flexibility index (Phi) is 5.66. The predicted molar refractivity (Wildman–Crippen MR) is 115 cm³/mol. The van der Waals surface area contributed by atoms with Crippen LogP contribution in [0.2, 0.25) is 10.0 Å².